The lowest BCUT2D eigenvalue weighted by Gasteiger charge is -2.15. The van der Waals surface area contributed by atoms with Crippen molar-refractivity contribution >= 4 is 5.82 Å². The summed E-state index contributed by atoms with van der Waals surface area (Å²) in [6, 6.07) is 10.2. The summed E-state index contributed by atoms with van der Waals surface area (Å²) in [5.74, 6) is 2.51. The molecule has 1 aromatic heterocycles. The number of benzene rings is 1. The number of hydrogen-bond donors (Lipinski definition) is 1. The van der Waals surface area contributed by atoms with Crippen molar-refractivity contribution in [2.75, 3.05) is 26.1 Å². The third-order valence-corrected chi connectivity index (χ3v) is 3.52. The average Bonchev–Trinajstić information content (AvgIpc) is 2.56. The summed E-state index contributed by atoms with van der Waals surface area (Å²) in [5.41, 5.74) is 2.37. The van der Waals surface area contributed by atoms with Gasteiger partial charge in [0.2, 0.25) is 0 Å². The van der Waals surface area contributed by atoms with Crippen LogP contribution in [0.5, 0.6) is 11.5 Å². The van der Waals surface area contributed by atoms with Crippen molar-refractivity contribution in [1.82, 2.24) is 10.3 Å². The molecular weight excluding hydrogens is 302 g/mol. The number of pyridine rings is 1. The fourth-order valence-electron chi connectivity index (χ4n) is 2.34. The summed E-state index contributed by atoms with van der Waals surface area (Å²) < 4.78 is 11.2. The minimum Gasteiger partial charge on any atom is -0.493 e. The molecule has 0 unspecified atom stereocenters. The number of hydrogen-bond acceptors (Lipinski definition) is 5. The van der Waals surface area contributed by atoms with Crippen LogP contribution in [0, 0.1) is 0 Å². The molecule has 5 heteroatoms. The number of nitrogens with one attached hydrogen (secondary N) is 1. The number of aromatic nitrogens is 1. The summed E-state index contributed by atoms with van der Waals surface area (Å²) in [4.78, 5) is 6.33. The van der Waals surface area contributed by atoms with Crippen LogP contribution in [0.1, 0.15) is 25.0 Å². The van der Waals surface area contributed by atoms with Gasteiger partial charge in [0.1, 0.15) is 5.82 Å². The number of ether oxygens (including phenoxy) is 2. The van der Waals surface area contributed by atoms with Gasteiger partial charge in [-0.2, -0.15) is 0 Å². The molecule has 0 saturated heterocycles. The van der Waals surface area contributed by atoms with Gasteiger partial charge in [0.15, 0.2) is 11.5 Å². The molecule has 1 heterocycles. The first-order valence-corrected chi connectivity index (χ1v) is 8.16. The molecule has 0 bridgehead atoms. The zero-order valence-corrected chi connectivity index (χ0v) is 15.2. The predicted molar refractivity (Wildman–Crippen MR) is 97.9 cm³/mol. The summed E-state index contributed by atoms with van der Waals surface area (Å²) in [7, 11) is 5.65. The molecule has 2 rings (SSSR count). The van der Waals surface area contributed by atoms with Crippen LogP contribution in [-0.2, 0) is 13.1 Å². The Labute approximate surface area is 144 Å². The maximum atomic E-state index is 5.74. The first-order valence-electron chi connectivity index (χ1n) is 8.16. The molecule has 0 aliphatic carbocycles. The third kappa shape index (κ3) is 5.13. The zero-order valence-electron chi connectivity index (χ0n) is 15.2. The van der Waals surface area contributed by atoms with Gasteiger partial charge in [-0.1, -0.05) is 6.07 Å². The Hall–Kier alpha value is -2.27. The van der Waals surface area contributed by atoms with E-state index in [2.05, 4.69) is 22.4 Å². The fourth-order valence-corrected chi connectivity index (χ4v) is 2.34. The van der Waals surface area contributed by atoms with E-state index in [0.29, 0.717) is 0 Å². The summed E-state index contributed by atoms with van der Waals surface area (Å²) in [5, 5.41) is 3.45. The second kappa shape index (κ2) is 8.55. The van der Waals surface area contributed by atoms with Crippen LogP contribution in [0.25, 0.3) is 0 Å². The van der Waals surface area contributed by atoms with E-state index in [0.717, 1.165) is 36.0 Å². The van der Waals surface area contributed by atoms with Crippen LogP contribution in [0.2, 0.25) is 0 Å². The lowest BCUT2D eigenvalue weighted by Crippen LogP contribution is -2.15. The van der Waals surface area contributed by atoms with Crippen LogP contribution in [0.4, 0.5) is 5.82 Å². The molecular formula is C19H27N3O2. The molecule has 24 heavy (non-hydrogen) atoms. The molecule has 0 atom stereocenters. The van der Waals surface area contributed by atoms with E-state index < -0.39 is 0 Å². The van der Waals surface area contributed by atoms with Crippen molar-refractivity contribution in [3.8, 4) is 11.5 Å². The van der Waals surface area contributed by atoms with Crippen LogP contribution in [0.3, 0.4) is 0 Å². The molecule has 130 valence electrons. The quantitative estimate of drug-likeness (QED) is 0.806. The topological polar surface area (TPSA) is 46.6 Å². The standard InChI is InChI=1S/C19H27N3O2/c1-14(2)24-17-7-6-15(10-18(17)23-5)12-20-13-16-8-9-21-19(11-16)22(3)4/h6-11,14,20H,12-13H2,1-5H3. The number of rotatable bonds is 8. The van der Waals surface area contributed by atoms with Crippen molar-refractivity contribution in [2.24, 2.45) is 0 Å². The van der Waals surface area contributed by atoms with E-state index in [1.165, 1.54) is 5.56 Å². The van der Waals surface area contributed by atoms with Gasteiger partial charge in [0.25, 0.3) is 0 Å². The molecule has 2 aromatic rings. The summed E-state index contributed by atoms with van der Waals surface area (Å²) in [6.45, 7) is 5.56. The van der Waals surface area contributed by atoms with Crippen LogP contribution >= 0.6 is 0 Å². The largest absolute Gasteiger partial charge is 0.493 e. The lowest BCUT2D eigenvalue weighted by atomic mass is 10.2. The molecule has 0 amide bonds. The number of methoxy groups -OCH3 is 1. The van der Waals surface area contributed by atoms with E-state index >= 15 is 0 Å². The van der Waals surface area contributed by atoms with Gasteiger partial charge < -0.3 is 19.7 Å². The smallest absolute Gasteiger partial charge is 0.161 e. The molecule has 0 spiro atoms. The summed E-state index contributed by atoms with van der Waals surface area (Å²) >= 11 is 0. The molecule has 0 saturated carbocycles. The van der Waals surface area contributed by atoms with E-state index in [4.69, 9.17) is 9.47 Å². The molecule has 1 aromatic carbocycles. The third-order valence-electron chi connectivity index (χ3n) is 3.52. The van der Waals surface area contributed by atoms with Gasteiger partial charge in [-0.15, -0.1) is 0 Å². The van der Waals surface area contributed by atoms with Gasteiger partial charge in [-0.05, 0) is 49.2 Å². The molecule has 0 aliphatic rings. The second-order valence-corrected chi connectivity index (χ2v) is 6.17. The number of anilines is 1. The van der Waals surface area contributed by atoms with Crippen molar-refractivity contribution in [3.05, 3.63) is 47.7 Å². The highest BCUT2D eigenvalue weighted by atomic mass is 16.5. The van der Waals surface area contributed by atoms with Crippen molar-refractivity contribution in [3.63, 3.8) is 0 Å². The highest BCUT2D eigenvalue weighted by Gasteiger charge is 2.07. The number of nitrogens with zero attached hydrogens (tertiary/aromatic N) is 2. The minimum atomic E-state index is 0.125. The average molecular weight is 329 g/mol. The second-order valence-electron chi connectivity index (χ2n) is 6.17. The Morgan fingerprint density at radius 2 is 1.75 bits per heavy atom. The van der Waals surface area contributed by atoms with Crippen LogP contribution < -0.4 is 19.7 Å². The van der Waals surface area contributed by atoms with Crippen molar-refractivity contribution in [1.29, 1.82) is 0 Å². The molecule has 5 nitrogen and oxygen atoms in total. The van der Waals surface area contributed by atoms with Gasteiger partial charge >= 0.3 is 0 Å². The Bertz CT molecular complexity index is 657. The van der Waals surface area contributed by atoms with Gasteiger partial charge in [-0.3, -0.25) is 0 Å². The Morgan fingerprint density at radius 1 is 1.04 bits per heavy atom. The monoisotopic (exact) mass is 329 g/mol. The fraction of sp³-hybridized carbons (Fsp3) is 0.421. The van der Waals surface area contributed by atoms with E-state index in [1.54, 1.807) is 7.11 Å². The van der Waals surface area contributed by atoms with E-state index in [1.807, 2.05) is 57.2 Å². The van der Waals surface area contributed by atoms with E-state index in [9.17, 15) is 0 Å². The molecule has 1 N–H and O–H groups in total. The van der Waals surface area contributed by atoms with Crippen molar-refractivity contribution < 1.29 is 9.47 Å². The molecule has 0 aliphatic heterocycles. The van der Waals surface area contributed by atoms with Crippen LogP contribution in [-0.4, -0.2) is 32.3 Å². The van der Waals surface area contributed by atoms with Gasteiger partial charge in [0.05, 0.1) is 13.2 Å². The molecule has 0 radical (unpaired) electrons. The predicted octanol–water partition coefficient (Wildman–Crippen LogP) is 3.23. The Kier molecular flexibility index (Phi) is 6.44. The van der Waals surface area contributed by atoms with Crippen molar-refractivity contribution in [2.45, 2.75) is 33.0 Å². The highest BCUT2D eigenvalue weighted by molar-refractivity contribution is 5.43. The normalized spacial score (nSPS) is 10.8. The maximum absolute atomic E-state index is 5.74. The Balaban J connectivity index is 1.96. The SMILES string of the molecule is COc1cc(CNCc2ccnc(N(C)C)c2)ccc1OC(C)C. The van der Waals surface area contributed by atoms with Gasteiger partial charge in [-0.25, -0.2) is 4.98 Å². The van der Waals surface area contributed by atoms with Gasteiger partial charge in [0, 0.05) is 33.4 Å². The minimum absolute atomic E-state index is 0.125. The Morgan fingerprint density at radius 3 is 2.38 bits per heavy atom. The van der Waals surface area contributed by atoms with Crippen LogP contribution in [0.15, 0.2) is 36.5 Å². The highest BCUT2D eigenvalue weighted by Crippen LogP contribution is 2.28. The summed E-state index contributed by atoms with van der Waals surface area (Å²) in [6.07, 6.45) is 1.97. The molecule has 0 fully saturated rings. The maximum Gasteiger partial charge on any atom is 0.161 e. The first kappa shape index (κ1) is 18.1. The van der Waals surface area contributed by atoms with E-state index in [-0.39, 0.29) is 6.10 Å². The lowest BCUT2D eigenvalue weighted by molar-refractivity contribution is 0.230. The zero-order chi connectivity index (χ0) is 17.5. The first-order chi connectivity index (χ1) is 11.5.